The van der Waals surface area contributed by atoms with Crippen molar-refractivity contribution in [1.29, 1.82) is 5.26 Å². The number of nitriles is 1. The molecule has 2 aromatic rings. The molecule has 0 saturated heterocycles. The maximum atomic E-state index is 9.55. The number of nitrogens with zero attached hydrogens (tertiary/aromatic N) is 2. The fourth-order valence-electron chi connectivity index (χ4n) is 1.40. The monoisotopic (exact) mass is 200 g/mol. The van der Waals surface area contributed by atoms with Crippen LogP contribution in [0.4, 0.5) is 0 Å². The molecule has 0 radical (unpaired) electrons. The maximum absolute atomic E-state index is 9.55. The summed E-state index contributed by atoms with van der Waals surface area (Å²) in [6, 6.07) is 8.65. The molecule has 0 aliphatic rings. The predicted octanol–water partition coefficient (Wildman–Crippen LogP) is 1.82. The van der Waals surface area contributed by atoms with Crippen molar-refractivity contribution in [1.82, 2.24) is 4.98 Å². The summed E-state index contributed by atoms with van der Waals surface area (Å²) in [6.07, 6.45) is 0. The van der Waals surface area contributed by atoms with E-state index in [9.17, 15) is 5.11 Å². The Morgan fingerprint density at radius 3 is 2.93 bits per heavy atom. The van der Waals surface area contributed by atoms with Gasteiger partial charge in [-0.25, -0.2) is 4.98 Å². The smallest absolute Gasteiger partial charge is 0.232 e. The van der Waals surface area contributed by atoms with E-state index < -0.39 is 0 Å². The number of phenols is 1. The zero-order chi connectivity index (χ0) is 10.8. The summed E-state index contributed by atoms with van der Waals surface area (Å²) in [5.41, 5.74) is 0.795. The number of hydrogen-bond acceptors (Lipinski definition) is 4. The highest BCUT2D eigenvalue weighted by molar-refractivity contribution is 5.86. The summed E-state index contributed by atoms with van der Waals surface area (Å²) in [5, 5.41) is 19.1. The number of hydrogen-bond donors (Lipinski definition) is 1. The predicted molar refractivity (Wildman–Crippen MR) is 54.7 cm³/mol. The molecule has 0 atom stereocenters. The summed E-state index contributed by atoms with van der Waals surface area (Å²) >= 11 is 0. The van der Waals surface area contributed by atoms with Crippen molar-refractivity contribution in [2.45, 2.75) is 0 Å². The van der Waals surface area contributed by atoms with E-state index in [1.54, 1.807) is 24.3 Å². The first kappa shape index (κ1) is 9.28. The van der Waals surface area contributed by atoms with Crippen LogP contribution in [0.5, 0.6) is 11.6 Å². The van der Waals surface area contributed by atoms with Gasteiger partial charge in [-0.3, -0.25) is 0 Å². The lowest BCUT2D eigenvalue weighted by Gasteiger charge is -2.04. The van der Waals surface area contributed by atoms with Crippen molar-refractivity contribution in [3.8, 4) is 17.7 Å². The first-order chi connectivity index (χ1) is 7.26. The van der Waals surface area contributed by atoms with E-state index in [1.807, 2.05) is 6.07 Å². The van der Waals surface area contributed by atoms with Gasteiger partial charge in [0.25, 0.3) is 0 Å². The molecule has 4 heteroatoms. The van der Waals surface area contributed by atoms with E-state index >= 15 is 0 Å². The third-order valence-electron chi connectivity index (χ3n) is 2.10. The Bertz CT molecular complexity index is 558. The second kappa shape index (κ2) is 3.46. The molecule has 1 heterocycles. The van der Waals surface area contributed by atoms with Crippen LogP contribution in [-0.2, 0) is 0 Å². The van der Waals surface area contributed by atoms with Crippen molar-refractivity contribution < 1.29 is 9.84 Å². The van der Waals surface area contributed by atoms with Crippen molar-refractivity contribution >= 4 is 10.9 Å². The molecular weight excluding hydrogens is 192 g/mol. The Morgan fingerprint density at radius 1 is 1.47 bits per heavy atom. The zero-order valence-electron chi connectivity index (χ0n) is 8.06. The van der Waals surface area contributed by atoms with Crippen molar-refractivity contribution in [3.05, 3.63) is 29.8 Å². The number of phenolic OH excluding ortho intramolecular Hbond substituents is 1. The molecule has 2 rings (SSSR count). The molecule has 15 heavy (non-hydrogen) atoms. The molecule has 0 aliphatic heterocycles. The zero-order valence-corrected chi connectivity index (χ0v) is 8.06. The number of benzene rings is 1. The normalized spacial score (nSPS) is 9.87. The SMILES string of the molecule is COc1nc2c(O)cccc2cc1C#N. The van der Waals surface area contributed by atoms with Gasteiger partial charge in [0.05, 0.1) is 7.11 Å². The van der Waals surface area contributed by atoms with E-state index in [4.69, 9.17) is 10.00 Å². The van der Waals surface area contributed by atoms with E-state index in [-0.39, 0.29) is 11.6 Å². The van der Waals surface area contributed by atoms with Gasteiger partial charge in [0.15, 0.2) is 0 Å². The first-order valence-electron chi connectivity index (χ1n) is 4.33. The summed E-state index contributed by atoms with van der Waals surface area (Å²) < 4.78 is 4.95. The Kier molecular flexibility index (Phi) is 2.14. The van der Waals surface area contributed by atoms with Crippen LogP contribution in [-0.4, -0.2) is 17.2 Å². The molecule has 74 valence electrons. The fourth-order valence-corrected chi connectivity index (χ4v) is 1.40. The van der Waals surface area contributed by atoms with Crippen LogP contribution in [0.2, 0.25) is 0 Å². The second-order valence-electron chi connectivity index (χ2n) is 3.01. The summed E-state index contributed by atoms with van der Waals surface area (Å²) in [4.78, 5) is 4.07. The number of para-hydroxylation sites is 1. The van der Waals surface area contributed by atoms with Crippen LogP contribution >= 0.6 is 0 Å². The minimum absolute atomic E-state index is 0.0790. The summed E-state index contributed by atoms with van der Waals surface area (Å²) in [7, 11) is 1.44. The first-order valence-corrected chi connectivity index (χ1v) is 4.33. The lowest BCUT2D eigenvalue weighted by molar-refractivity contribution is 0.397. The molecule has 0 bridgehead atoms. The number of aromatic nitrogens is 1. The molecule has 0 unspecified atom stereocenters. The highest BCUT2D eigenvalue weighted by Gasteiger charge is 2.08. The van der Waals surface area contributed by atoms with Gasteiger partial charge in [0.1, 0.15) is 22.9 Å². The van der Waals surface area contributed by atoms with Crippen molar-refractivity contribution in [3.63, 3.8) is 0 Å². The molecule has 0 saturated carbocycles. The summed E-state index contributed by atoms with van der Waals surface area (Å²) in [6.45, 7) is 0. The quantitative estimate of drug-likeness (QED) is 0.762. The van der Waals surface area contributed by atoms with Crippen LogP contribution in [0.25, 0.3) is 10.9 Å². The third-order valence-corrected chi connectivity index (χ3v) is 2.10. The third kappa shape index (κ3) is 1.44. The fraction of sp³-hybridized carbons (Fsp3) is 0.0909. The topological polar surface area (TPSA) is 66.1 Å². The molecular formula is C11H8N2O2. The largest absolute Gasteiger partial charge is 0.506 e. The average molecular weight is 200 g/mol. The Hall–Kier alpha value is -2.28. The lowest BCUT2D eigenvalue weighted by Crippen LogP contribution is -1.92. The number of rotatable bonds is 1. The lowest BCUT2D eigenvalue weighted by atomic mass is 10.1. The van der Waals surface area contributed by atoms with Crippen LogP contribution in [0.15, 0.2) is 24.3 Å². The molecule has 0 fully saturated rings. The molecule has 1 N–H and O–H groups in total. The van der Waals surface area contributed by atoms with E-state index in [0.29, 0.717) is 16.5 Å². The second-order valence-corrected chi connectivity index (χ2v) is 3.01. The highest BCUT2D eigenvalue weighted by Crippen LogP contribution is 2.27. The molecule has 0 aliphatic carbocycles. The highest BCUT2D eigenvalue weighted by atomic mass is 16.5. The molecule has 4 nitrogen and oxygen atoms in total. The van der Waals surface area contributed by atoms with Gasteiger partial charge in [-0.15, -0.1) is 0 Å². The maximum Gasteiger partial charge on any atom is 0.232 e. The van der Waals surface area contributed by atoms with Gasteiger partial charge in [0.2, 0.25) is 5.88 Å². The average Bonchev–Trinajstić information content (AvgIpc) is 2.28. The Balaban J connectivity index is 2.83. The van der Waals surface area contributed by atoms with E-state index in [2.05, 4.69) is 4.98 Å². The minimum atomic E-state index is 0.0790. The van der Waals surface area contributed by atoms with E-state index in [1.165, 1.54) is 7.11 Å². The molecule has 0 spiro atoms. The number of fused-ring (bicyclic) bond motifs is 1. The van der Waals surface area contributed by atoms with Crippen molar-refractivity contribution in [2.24, 2.45) is 0 Å². The van der Waals surface area contributed by atoms with Gasteiger partial charge in [-0.1, -0.05) is 12.1 Å². The number of aromatic hydroxyl groups is 1. The molecule has 1 aromatic heterocycles. The van der Waals surface area contributed by atoms with Gasteiger partial charge >= 0.3 is 0 Å². The van der Waals surface area contributed by atoms with Gasteiger partial charge < -0.3 is 9.84 Å². The van der Waals surface area contributed by atoms with Crippen LogP contribution < -0.4 is 4.74 Å². The number of methoxy groups -OCH3 is 1. The Morgan fingerprint density at radius 2 is 2.27 bits per heavy atom. The van der Waals surface area contributed by atoms with Crippen LogP contribution in [0.1, 0.15) is 5.56 Å². The van der Waals surface area contributed by atoms with Gasteiger partial charge in [-0.05, 0) is 12.1 Å². The van der Waals surface area contributed by atoms with Crippen LogP contribution in [0, 0.1) is 11.3 Å². The van der Waals surface area contributed by atoms with Gasteiger partial charge in [0, 0.05) is 5.39 Å². The number of pyridine rings is 1. The molecule has 0 amide bonds. The Labute approximate surface area is 86.4 Å². The molecule has 1 aromatic carbocycles. The summed E-state index contributed by atoms with van der Waals surface area (Å²) in [5.74, 6) is 0.307. The van der Waals surface area contributed by atoms with E-state index in [0.717, 1.165) is 0 Å². The number of ether oxygens (including phenoxy) is 1. The van der Waals surface area contributed by atoms with Gasteiger partial charge in [-0.2, -0.15) is 5.26 Å². The van der Waals surface area contributed by atoms with Crippen LogP contribution in [0.3, 0.4) is 0 Å². The standard InChI is InChI=1S/C11H8N2O2/c1-15-11-8(6-12)5-7-3-2-4-9(14)10(7)13-11/h2-5,14H,1H3. The minimum Gasteiger partial charge on any atom is -0.506 e. The van der Waals surface area contributed by atoms with Crippen molar-refractivity contribution in [2.75, 3.05) is 7.11 Å².